The lowest BCUT2D eigenvalue weighted by molar-refractivity contribution is 0.171. The second kappa shape index (κ2) is 3.11. The van der Waals surface area contributed by atoms with E-state index in [-0.39, 0.29) is 12.0 Å². The van der Waals surface area contributed by atoms with Gasteiger partial charge in [-0.2, -0.15) is 0 Å². The Labute approximate surface area is 72.4 Å². The summed E-state index contributed by atoms with van der Waals surface area (Å²) in [5, 5.41) is 9.58. The number of hydrogen-bond donors (Lipinski definition) is 1. The Bertz CT molecular complexity index is 276. The highest BCUT2D eigenvalue weighted by Crippen LogP contribution is 2.28. The van der Waals surface area contributed by atoms with Crippen LogP contribution < -0.4 is 0 Å². The van der Waals surface area contributed by atoms with Crippen LogP contribution in [0.2, 0.25) is 0 Å². The van der Waals surface area contributed by atoms with Crippen molar-refractivity contribution in [3.8, 4) is 0 Å². The van der Waals surface area contributed by atoms with Gasteiger partial charge in [0.15, 0.2) is 0 Å². The Balaban J connectivity index is 2.25. The summed E-state index contributed by atoms with van der Waals surface area (Å²) >= 11 is 0. The molecule has 0 heterocycles. The van der Waals surface area contributed by atoms with Crippen molar-refractivity contribution in [3.63, 3.8) is 0 Å². The van der Waals surface area contributed by atoms with Crippen LogP contribution in [0.1, 0.15) is 17.9 Å². The standard InChI is InChI=1S/C11H12O/c12-11-8-4-7-10(11)9-5-2-1-3-6-9/h1-7,10-12H,8H2/t10-,11+/m1/s1. The molecule has 0 aromatic heterocycles. The SMILES string of the molecule is O[C@H]1CC=C[C@@H]1c1ccccc1. The Morgan fingerprint density at radius 2 is 1.92 bits per heavy atom. The zero-order valence-corrected chi connectivity index (χ0v) is 6.85. The average Bonchev–Trinajstić information content (AvgIpc) is 2.53. The Hall–Kier alpha value is -1.08. The van der Waals surface area contributed by atoms with Gasteiger partial charge in [-0.15, -0.1) is 0 Å². The highest BCUT2D eigenvalue weighted by Gasteiger charge is 2.20. The van der Waals surface area contributed by atoms with Crippen molar-refractivity contribution in [2.24, 2.45) is 0 Å². The third-order valence-electron chi connectivity index (χ3n) is 2.32. The first kappa shape index (κ1) is 7.56. The molecule has 1 N–H and O–H groups in total. The zero-order valence-electron chi connectivity index (χ0n) is 6.85. The average molecular weight is 160 g/mol. The fraction of sp³-hybridized carbons (Fsp3) is 0.273. The van der Waals surface area contributed by atoms with E-state index in [9.17, 15) is 5.11 Å². The van der Waals surface area contributed by atoms with Gasteiger partial charge in [-0.25, -0.2) is 0 Å². The number of benzene rings is 1. The summed E-state index contributed by atoms with van der Waals surface area (Å²) in [6.07, 6.45) is 4.70. The number of aliphatic hydroxyl groups excluding tert-OH is 1. The highest BCUT2D eigenvalue weighted by atomic mass is 16.3. The van der Waals surface area contributed by atoms with Gasteiger partial charge >= 0.3 is 0 Å². The summed E-state index contributed by atoms with van der Waals surface area (Å²) in [5.74, 6) is 0.214. The van der Waals surface area contributed by atoms with Crippen LogP contribution in [0.25, 0.3) is 0 Å². The molecule has 0 unspecified atom stereocenters. The molecule has 0 bridgehead atoms. The molecule has 1 aromatic carbocycles. The minimum atomic E-state index is -0.215. The first-order valence-electron chi connectivity index (χ1n) is 4.27. The molecular weight excluding hydrogens is 148 g/mol. The van der Waals surface area contributed by atoms with Gasteiger partial charge in [0.05, 0.1) is 6.10 Å². The summed E-state index contributed by atoms with van der Waals surface area (Å²) in [6, 6.07) is 10.1. The first-order chi connectivity index (χ1) is 5.88. The minimum absolute atomic E-state index is 0.214. The van der Waals surface area contributed by atoms with E-state index in [0.29, 0.717) is 0 Å². The van der Waals surface area contributed by atoms with Crippen molar-refractivity contribution < 1.29 is 5.11 Å². The van der Waals surface area contributed by atoms with Gasteiger partial charge in [0, 0.05) is 5.92 Å². The molecule has 1 aliphatic carbocycles. The van der Waals surface area contributed by atoms with Crippen molar-refractivity contribution in [3.05, 3.63) is 48.0 Å². The molecule has 0 aliphatic heterocycles. The maximum atomic E-state index is 9.58. The molecule has 1 heteroatoms. The maximum absolute atomic E-state index is 9.58. The van der Waals surface area contributed by atoms with Crippen LogP contribution in [0.15, 0.2) is 42.5 Å². The third kappa shape index (κ3) is 1.28. The van der Waals surface area contributed by atoms with Gasteiger partial charge in [0.25, 0.3) is 0 Å². The van der Waals surface area contributed by atoms with E-state index in [1.807, 2.05) is 24.3 Å². The van der Waals surface area contributed by atoms with Crippen LogP contribution in [0, 0.1) is 0 Å². The summed E-state index contributed by atoms with van der Waals surface area (Å²) < 4.78 is 0. The maximum Gasteiger partial charge on any atom is 0.0677 e. The van der Waals surface area contributed by atoms with Crippen molar-refractivity contribution >= 4 is 0 Å². The van der Waals surface area contributed by atoms with Crippen molar-refractivity contribution in [1.29, 1.82) is 0 Å². The van der Waals surface area contributed by atoms with Crippen molar-refractivity contribution in [2.75, 3.05) is 0 Å². The van der Waals surface area contributed by atoms with E-state index in [2.05, 4.69) is 18.2 Å². The Morgan fingerprint density at radius 1 is 1.17 bits per heavy atom. The van der Waals surface area contributed by atoms with Crippen LogP contribution in [-0.2, 0) is 0 Å². The number of aliphatic hydroxyl groups is 1. The Morgan fingerprint density at radius 3 is 2.50 bits per heavy atom. The molecular formula is C11H12O. The van der Waals surface area contributed by atoms with Gasteiger partial charge < -0.3 is 5.11 Å². The molecule has 1 aliphatic rings. The predicted molar refractivity (Wildman–Crippen MR) is 48.9 cm³/mol. The molecule has 0 saturated heterocycles. The van der Waals surface area contributed by atoms with Crippen molar-refractivity contribution in [2.45, 2.75) is 18.4 Å². The van der Waals surface area contributed by atoms with Gasteiger partial charge in [-0.3, -0.25) is 0 Å². The quantitative estimate of drug-likeness (QED) is 0.624. The number of hydrogen-bond acceptors (Lipinski definition) is 1. The van der Waals surface area contributed by atoms with E-state index in [1.54, 1.807) is 0 Å². The lowest BCUT2D eigenvalue weighted by atomic mass is 9.97. The molecule has 62 valence electrons. The van der Waals surface area contributed by atoms with Gasteiger partial charge in [0.2, 0.25) is 0 Å². The van der Waals surface area contributed by atoms with E-state index < -0.39 is 0 Å². The summed E-state index contributed by atoms with van der Waals surface area (Å²) in [5.41, 5.74) is 1.21. The van der Waals surface area contributed by atoms with Crippen LogP contribution in [-0.4, -0.2) is 11.2 Å². The Kier molecular flexibility index (Phi) is 1.96. The van der Waals surface area contributed by atoms with Crippen LogP contribution in [0.5, 0.6) is 0 Å². The molecule has 0 amide bonds. The lowest BCUT2D eigenvalue weighted by Crippen LogP contribution is -2.10. The molecule has 1 nitrogen and oxygen atoms in total. The fourth-order valence-electron chi connectivity index (χ4n) is 1.65. The van der Waals surface area contributed by atoms with E-state index in [4.69, 9.17) is 0 Å². The molecule has 2 atom stereocenters. The highest BCUT2D eigenvalue weighted by molar-refractivity contribution is 5.27. The van der Waals surface area contributed by atoms with Crippen LogP contribution in [0.4, 0.5) is 0 Å². The predicted octanol–water partition coefficient (Wildman–Crippen LogP) is 2.09. The van der Waals surface area contributed by atoms with Crippen LogP contribution >= 0.6 is 0 Å². The van der Waals surface area contributed by atoms with E-state index >= 15 is 0 Å². The summed E-state index contributed by atoms with van der Waals surface area (Å²) in [6.45, 7) is 0. The fourth-order valence-corrected chi connectivity index (χ4v) is 1.65. The van der Waals surface area contributed by atoms with E-state index in [0.717, 1.165) is 6.42 Å². The van der Waals surface area contributed by atoms with Gasteiger partial charge in [-0.05, 0) is 12.0 Å². The topological polar surface area (TPSA) is 20.2 Å². The molecule has 0 spiro atoms. The summed E-state index contributed by atoms with van der Waals surface area (Å²) in [4.78, 5) is 0. The molecule has 0 radical (unpaired) electrons. The van der Waals surface area contributed by atoms with Gasteiger partial charge in [-0.1, -0.05) is 42.5 Å². The zero-order chi connectivity index (χ0) is 8.39. The second-order valence-electron chi connectivity index (χ2n) is 3.17. The monoisotopic (exact) mass is 160 g/mol. The van der Waals surface area contributed by atoms with Crippen LogP contribution in [0.3, 0.4) is 0 Å². The smallest absolute Gasteiger partial charge is 0.0677 e. The van der Waals surface area contributed by atoms with Crippen molar-refractivity contribution in [1.82, 2.24) is 0 Å². The molecule has 1 aromatic rings. The molecule has 2 rings (SSSR count). The summed E-state index contributed by atoms with van der Waals surface area (Å²) in [7, 11) is 0. The normalized spacial score (nSPS) is 27.8. The first-order valence-corrected chi connectivity index (χ1v) is 4.27. The molecule has 0 saturated carbocycles. The molecule has 12 heavy (non-hydrogen) atoms. The van der Waals surface area contributed by atoms with Gasteiger partial charge in [0.1, 0.15) is 0 Å². The van der Waals surface area contributed by atoms with E-state index in [1.165, 1.54) is 5.56 Å². The lowest BCUT2D eigenvalue weighted by Gasteiger charge is -2.13. The second-order valence-corrected chi connectivity index (χ2v) is 3.17. The number of rotatable bonds is 1. The molecule has 0 fully saturated rings. The minimum Gasteiger partial charge on any atom is -0.392 e. The third-order valence-corrected chi connectivity index (χ3v) is 2.32. The largest absolute Gasteiger partial charge is 0.392 e.